The molecule has 2 aromatic carbocycles. The zero-order valence-electron chi connectivity index (χ0n) is 17.2. The molecule has 0 aliphatic carbocycles. The van der Waals surface area contributed by atoms with Gasteiger partial charge in [-0.15, -0.1) is 0 Å². The van der Waals surface area contributed by atoms with E-state index in [0.29, 0.717) is 28.6 Å². The summed E-state index contributed by atoms with van der Waals surface area (Å²) in [5, 5.41) is 0.705. The summed E-state index contributed by atoms with van der Waals surface area (Å²) in [5.41, 5.74) is 3.97. The van der Waals surface area contributed by atoms with Crippen molar-refractivity contribution in [3.8, 4) is 28.7 Å². The lowest BCUT2D eigenvalue weighted by Crippen LogP contribution is -2.25. The van der Waals surface area contributed by atoms with Gasteiger partial charge in [0.15, 0.2) is 6.29 Å². The van der Waals surface area contributed by atoms with Crippen LogP contribution < -0.4 is 4.74 Å². The van der Waals surface area contributed by atoms with Gasteiger partial charge in [0.25, 0.3) is 0 Å². The van der Waals surface area contributed by atoms with Crippen molar-refractivity contribution in [3.63, 3.8) is 0 Å². The summed E-state index contributed by atoms with van der Waals surface area (Å²) in [7, 11) is 0. The van der Waals surface area contributed by atoms with Crippen LogP contribution in [0.15, 0.2) is 60.8 Å². The van der Waals surface area contributed by atoms with Gasteiger partial charge in [-0.1, -0.05) is 35.7 Å². The Morgan fingerprint density at radius 2 is 1.77 bits per heavy atom. The van der Waals surface area contributed by atoms with Crippen molar-refractivity contribution < 1.29 is 9.53 Å². The first-order valence-electron chi connectivity index (χ1n) is 10.4. The van der Waals surface area contributed by atoms with E-state index in [1.165, 1.54) is 12.8 Å². The van der Waals surface area contributed by atoms with Crippen LogP contribution in [-0.2, 0) is 0 Å². The fourth-order valence-corrected chi connectivity index (χ4v) is 3.68. The SMILES string of the molecule is O=Cc1cc(C#Cc2ccc(-c3ccc(Cl)cc3)cn2)ccc1OCCN1CCCC1. The molecule has 4 nitrogen and oxygen atoms in total. The van der Waals surface area contributed by atoms with Crippen molar-refractivity contribution >= 4 is 17.9 Å². The molecule has 0 bridgehead atoms. The van der Waals surface area contributed by atoms with Gasteiger partial charge in [-0.25, -0.2) is 4.98 Å². The lowest BCUT2D eigenvalue weighted by atomic mass is 10.1. The minimum absolute atomic E-state index is 0.513. The Balaban J connectivity index is 1.41. The number of carbonyl (C=O) groups is 1. The molecule has 0 spiro atoms. The van der Waals surface area contributed by atoms with Gasteiger partial charge in [-0.05, 0) is 73.8 Å². The largest absolute Gasteiger partial charge is 0.492 e. The zero-order chi connectivity index (χ0) is 21.5. The number of pyridine rings is 1. The molecule has 1 aromatic heterocycles. The maximum absolute atomic E-state index is 11.5. The topological polar surface area (TPSA) is 42.4 Å². The number of hydrogen-bond acceptors (Lipinski definition) is 4. The van der Waals surface area contributed by atoms with E-state index in [4.69, 9.17) is 16.3 Å². The molecule has 31 heavy (non-hydrogen) atoms. The highest BCUT2D eigenvalue weighted by Gasteiger charge is 2.11. The van der Waals surface area contributed by atoms with Crippen LogP contribution in [0.1, 0.15) is 34.5 Å². The lowest BCUT2D eigenvalue weighted by molar-refractivity contribution is 0.111. The summed E-state index contributed by atoms with van der Waals surface area (Å²) in [6.07, 6.45) is 5.12. The first-order chi connectivity index (χ1) is 15.2. The summed E-state index contributed by atoms with van der Waals surface area (Å²) in [6, 6.07) is 16.9. The molecule has 0 atom stereocenters. The van der Waals surface area contributed by atoms with E-state index in [9.17, 15) is 4.79 Å². The number of likely N-dealkylation sites (tertiary alicyclic amines) is 1. The summed E-state index contributed by atoms with van der Waals surface area (Å²) in [5.74, 6) is 6.73. The number of aromatic nitrogens is 1. The highest BCUT2D eigenvalue weighted by atomic mass is 35.5. The monoisotopic (exact) mass is 430 g/mol. The first-order valence-corrected chi connectivity index (χ1v) is 10.8. The fraction of sp³-hybridized carbons (Fsp3) is 0.231. The second kappa shape index (κ2) is 10.3. The van der Waals surface area contributed by atoms with Crippen LogP contribution in [0.5, 0.6) is 5.75 Å². The first kappa shape index (κ1) is 21.1. The number of carbonyl (C=O) groups excluding carboxylic acids is 1. The number of rotatable bonds is 6. The van der Waals surface area contributed by atoms with E-state index in [1.807, 2.05) is 48.5 Å². The van der Waals surface area contributed by atoms with E-state index < -0.39 is 0 Å². The number of halogens is 1. The molecule has 1 aliphatic rings. The Morgan fingerprint density at radius 3 is 2.48 bits per heavy atom. The van der Waals surface area contributed by atoms with Crippen molar-refractivity contribution in [3.05, 3.63) is 82.6 Å². The smallest absolute Gasteiger partial charge is 0.153 e. The number of benzene rings is 2. The van der Waals surface area contributed by atoms with Gasteiger partial charge in [0.05, 0.1) is 5.56 Å². The molecule has 0 amide bonds. The Hall–Kier alpha value is -3.13. The molecule has 0 saturated carbocycles. The van der Waals surface area contributed by atoms with Crippen molar-refractivity contribution in [1.29, 1.82) is 0 Å². The molecule has 0 radical (unpaired) electrons. The summed E-state index contributed by atoms with van der Waals surface area (Å²) in [4.78, 5) is 18.3. The second-order valence-electron chi connectivity index (χ2n) is 7.46. The fourth-order valence-electron chi connectivity index (χ4n) is 3.56. The molecule has 0 N–H and O–H groups in total. The van der Waals surface area contributed by atoms with Gasteiger partial charge < -0.3 is 4.74 Å². The molecule has 2 heterocycles. The number of nitrogens with zero attached hydrogens (tertiary/aromatic N) is 2. The lowest BCUT2D eigenvalue weighted by Gasteiger charge is -2.15. The molecule has 3 aromatic rings. The summed E-state index contributed by atoms with van der Waals surface area (Å²) >= 11 is 5.94. The minimum atomic E-state index is 0.513. The molecule has 1 aliphatic heterocycles. The van der Waals surface area contributed by atoms with Crippen LogP contribution in [0, 0.1) is 11.8 Å². The van der Waals surface area contributed by atoms with Crippen LogP contribution in [0.25, 0.3) is 11.1 Å². The molecule has 5 heteroatoms. The Labute approximate surface area is 187 Å². The van der Waals surface area contributed by atoms with Crippen molar-refractivity contribution in [2.24, 2.45) is 0 Å². The van der Waals surface area contributed by atoms with E-state index in [1.54, 1.807) is 12.3 Å². The van der Waals surface area contributed by atoms with Crippen molar-refractivity contribution in [1.82, 2.24) is 9.88 Å². The quantitative estimate of drug-likeness (QED) is 0.403. The molecular formula is C26H23ClN2O2. The number of ether oxygens (including phenoxy) is 1. The minimum Gasteiger partial charge on any atom is -0.492 e. The van der Waals surface area contributed by atoms with Crippen molar-refractivity contribution in [2.45, 2.75) is 12.8 Å². The molecule has 1 saturated heterocycles. The number of hydrogen-bond donors (Lipinski definition) is 0. The summed E-state index contributed by atoms with van der Waals surface area (Å²) in [6.45, 7) is 3.73. The Bertz CT molecular complexity index is 1090. The molecule has 156 valence electrons. The van der Waals surface area contributed by atoms with E-state index >= 15 is 0 Å². The van der Waals surface area contributed by atoms with Gasteiger partial charge >= 0.3 is 0 Å². The Kier molecular flexibility index (Phi) is 6.99. The van der Waals surface area contributed by atoms with Crippen molar-refractivity contribution in [2.75, 3.05) is 26.2 Å². The average molecular weight is 431 g/mol. The number of aldehydes is 1. The third kappa shape index (κ3) is 5.73. The molecule has 0 unspecified atom stereocenters. The van der Waals surface area contributed by atoms with Gasteiger partial charge in [-0.2, -0.15) is 0 Å². The van der Waals surface area contributed by atoms with Gasteiger partial charge in [0, 0.05) is 28.9 Å². The van der Waals surface area contributed by atoms with Crippen LogP contribution in [-0.4, -0.2) is 42.4 Å². The maximum Gasteiger partial charge on any atom is 0.153 e. The normalized spacial score (nSPS) is 13.5. The van der Waals surface area contributed by atoms with Gasteiger partial charge in [0.2, 0.25) is 0 Å². The highest BCUT2D eigenvalue weighted by Crippen LogP contribution is 2.21. The predicted octanol–water partition coefficient (Wildman–Crippen LogP) is 5.09. The van der Waals surface area contributed by atoms with Crippen LogP contribution in [0.4, 0.5) is 0 Å². The van der Waals surface area contributed by atoms with Gasteiger partial charge in [0.1, 0.15) is 18.1 Å². The van der Waals surface area contributed by atoms with Crippen LogP contribution >= 0.6 is 11.6 Å². The van der Waals surface area contributed by atoms with Crippen LogP contribution in [0.2, 0.25) is 5.02 Å². The van der Waals surface area contributed by atoms with E-state index in [-0.39, 0.29) is 0 Å². The van der Waals surface area contributed by atoms with E-state index in [2.05, 4.69) is 21.7 Å². The molecular weight excluding hydrogens is 408 g/mol. The predicted molar refractivity (Wildman–Crippen MR) is 124 cm³/mol. The second-order valence-corrected chi connectivity index (χ2v) is 7.89. The van der Waals surface area contributed by atoms with E-state index in [0.717, 1.165) is 42.6 Å². The van der Waals surface area contributed by atoms with Gasteiger partial charge in [-0.3, -0.25) is 9.69 Å². The standard InChI is InChI=1S/C26H23ClN2O2/c27-24-8-5-21(6-9-24)22-7-11-25(28-18-22)10-3-20-4-12-26(23(17-20)19-30)31-16-15-29-13-1-2-14-29/h4-9,11-12,17-19H,1-2,13-16H2. The third-order valence-corrected chi connectivity index (χ3v) is 5.53. The van der Waals surface area contributed by atoms with Crippen LogP contribution in [0.3, 0.4) is 0 Å². The average Bonchev–Trinajstić information content (AvgIpc) is 3.33. The Morgan fingerprint density at radius 1 is 1.00 bits per heavy atom. The third-order valence-electron chi connectivity index (χ3n) is 5.28. The zero-order valence-corrected chi connectivity index (χ0v) is 17.9. The maximum atomic E-state index is 11.5. The highest BCUT2D eigenvalue weighted by molar-refractivity contribution is 6.30. The summed E-state index contributed by atoms with van der Waals surface area (Å²) < 4.78 is 5.83. The molecule has 1 fully saturated rings. The molecule has 4 rings (SSSR count).